The number of anilines is 1. The van der Waals surface area contributed by atoms with Crippen molar-refractivity contribution >= 4 is 11.8 Å². The Labute approximate surface area is 69.8 Å². The molecule has 0 aromatic carbocycles. The van der Waals surface area contributed by atoms with Crippen LogP contribution >= 0.6 is 0 Å². The molecule has 1 rings (SSSR count). The predicted molar refractivity (Wildman–Crippen MR) is 42.9 cm³/mol. The van der Waals surface area contributed by atoms with Crippen LogP contribution in [0.5, 0.6) is 0 Å². The lowest BCUT2D eigenvalue weighted by molar-refractivity contribution is 0.0587. The van der Waals surface area contributed by atoms with Gasteiger partial charge in [0, 0.05) is 13.2 Å². The van der Waals surface area contributed by atoms with E-state index in [1.165, 1.54) is 13.3 Å². The molecule has 0 bridgehead atoms. The summed E-state index contributed by atoms with van der Waals surface area (Å²) in [5, 5.41) is 2.79. The summed E-state index contributed by atoms with van der Waals surface area (Å²) in [7, 11) is 3.00. The molecular weight excluding hydrogens is 158 g/mol. The molecule has 0 aliphatic carbocycles. The standard InChI is InChI=1S/C7H9N3O2/c1-8-5-3-4-9-6(10-5)7(11)12-2/h3-4H,1-2H3,(H,8,9,10). The van der Waals surface area contributed by atoms with Crippen LogP contribution in [0.25, 0.3) is 0 Å². The second-order valence-corrected chi connectivity index (χ2v) is 2.01. The molecule has 64 valence electrons. The number of nitrogens with one attached hydrogen (secondary N) is 1. The van der Waals surface area contributed by atoms with Crippen LogP contribution in [0.1, 0.15) is 10.6 Å². The van der Waals surface area contributed by atoms with Gasteiger partial charge in [-0.15, -0.1) is 0 Å². The highest BCUT2D eigenvalue weighted by atomic mass is 16.5. The molecule has 0 aliphatic heterocycles. The van der Waals surface area contributed by atoms with E-state index < -0.39 is 5.97 Å². The van der Waals surface area contributed by atoms with Crippen LogP contribution in [-0.2, 0) is 4.74 Å². The lowest BCUT2D eigenvalue weighted by Gasteiger charge is -1.99. The Bertz CT molecular complexity index is 288. The number of methoxy groups -OCH3 is 1. The summed E-state index contributed by atoms with van der Waals surface area (Å²) in [6, 6.07) is 1.66. The van der Waals surface area contributed by atoms with Crippen molar-refractivity contribution in [2.24, 2.45) is 0 Å². The highest BCUT2D eigenvalue weighted by molar-refractivity contribution is 5.85. The molecule has 1 N–H and O–H groups in total. The van der Waals surface area contributed by atoms with Gasteiger partial charge in [-0.3, -0.25) is 0 Å². The van der Waals surface area contributed by atoms with E-state index in [4.69, 9.17) is 0 Å². The van der Waals surface area contributed by atoms with E-state index in [9.17, 15) is 4.79 Å². The van der Waals surface area contributed by atoms with E-state index in [0.717, 1.165) is 0 Å². The number of nitrogens with zero attached hydrogens (tertiary/aromatic N) is 2. The van der Waals surface area contributed by atoms with Crippen molar-refractivity contribution in [2.45, 2.75) is 0 Å². The zero-order valence-electron chi connectivity index (χ0n) is 6.87. The minimum absolute atomic E-state index is 0.0596. The van der Waals surface area contributed by atoms with Crippen LogP contribution in [0, 0.1) is 0 Å². The van der Waals surface area contributed by atoms with Gasteiger partial charge in [-0.1, -0.05) is 0 Å². The molecule has 0 saturated heterocycles. The third kappa shape index (κ3) is 1.69. The Kier molecular flexibility index (Phi) is 2.57. The third-order valence-corrected chi connectivity index (χ3v) is 1.28. The van der Waals surface area contributed by atoms with Crippen LogP contribution in [0.3, 0.4) is 0 Å². The smallest absolute Gasteiger partial charge is 0.376 e. The number of carbonyl (C=O) groups excluding carboxylic acids is 1. The fraction of sp³-hybridized carbons (Fsp3) is 0.286. The Morgan fingerprint density at radius 1 is 1.67 bits per heavy atom. The molecule has 0 aliphatic rings. The van der Waals surface area contributed by atoms with Crippen LogP contribution in [0.4, 0.5) is 5.82 Å². The lowest BCUT2D eigenvalue weighted by Crippen LogP contribution is -2.08. The summed E-state index contributed by atoms with van der Waals surface area (Å²) in [4.78, 5) is 18.5. The first-order valence-electron chi connectivity index (χ1n) is 3.37. The van der Waals surface area contributed by atoms with Crippen molar-refractivity contribution in [3.63, 3.8) is 0 Å². The Morgan fingerprint density at radius 3 is 3.00 bits per heavy atom. The maximum atomic E-state index is 10.9. The topological polar surface area (TPSA) is 64.1 Å². The summed E-state index contributed by atoms with van der Waals surface area (Å²) in [5.74, 6) is 0.113. The molecule has 0 atom stereocenters. The Balaban J connectivity index is 2.93. The largest absolute Gasteiger partial charge is 0.463 e. The number of hydrogen-bond donors (Lipinski definition) is 1. The van der Waals surface area contributed by atoms with E-state index in [1.807, 2.05) is 0 Å². The minimum atomic E-state index is -0.535. The van der Waals surface area contributed by atoms with Crippen molar-refractivity contribution in [2.75, 3.05) is 19.5 Å². The molecule has 0 unspecified atom stereocenters. The SMILES string of the molecule is CNc1ccnc(C(=O)OC)n1. The maximum absolute atomic E-state index is 10.9. The van der Waals surface area contributed by atoms with Gasteiger partial charge in [-0.05, 0) is 6.07 Å². The number of esters is 1. The van der Waals surface area contributed by atoms with Gasteiger partial charge in [0.15, 0.2) is 0 Å². The first kappa shape index (κ1) is 8.45. The molecule has 0 amide bonds. The summed E-state index contributed by atoms with van der Waals surface area (Å²) >= 11 is 0. The van der Waals surface area contributed by atoms with Gasteiger partial charge in [0.25, 0.3) is 0 Å². The fourth-order valence-corrected chi connectivity index (χ4v) is 0.688. The molecule has 1 heterocycles. The van der Waals surface area contributed by atoms with Crippen molar-refractivity contribution in [1.82, 2.24) is 9.97 Å². The second kappa shape index (κ2) is 3.66. The highest BCUT2D eigenvalue weighted by Gasteiger charge is 2.08. The van der Waals surface area contributed by atoms with E-state index in [0.29, 0.717) is 5.82 Å². The number of rotatable bonds is 2. The summed E-state index contributed by atoms with van der Waals surface area (Å²) in [5.41, 5.74) is 0. The molecule has 0 spiro atoms. The summed E-state index contributed by atoms with van der Waals surface area (Å²) in [6.07, 6.45) is 1.49. The monoisotopic (exact) mass is 167 g/mol. The molecular formula is C7H9N3O2. The molecule has 5 nitrogen and oxygen atoms in total. The number of hydrogen-bond acceptors (Lipinski definition) is 5. The van der Waals surface area contributed by atoms with E-state index in [2.05, 4.69) is 20.0 Å². The Hall–Kier alpha value is -1.65. The zero-order valence-corrected chi connectivity index (χ0v) is 6.87. The van der Waals surface area contributed by atoms with Gasteiger partial charge in [-0.2, -0.15) is 0 Å². The predicted octanol–water partition coefficient (Wildman–Crippen LogP) is 0.305. The molecule has 0 radical (unpaired) electrons. The van der Waals surface area contributed by atoms with Crippen LogP contribution in [-0.4, -0.2) is 30.1 Å². The Morgan fingerprint density at radius 2 is 2.42 bits per heavy atom. The van der Waals surface area contributed by atoms with Crippen LogP contribution in [0.15, 0.2) is 12.3 Å². The van der Waals surface area contributed by atoms with Crippen LogP contribution in [0.2, 0.25) is 0 Å². The summed E-state index contributed by atoms with van der Waals surface area (Å²) in [6.45, 7) is 0. The van der Waals surface area contributed by atoms with Crippen molar-refractivity contribution in [3.05, 3.63) is 18.1 Å². The van der Waals surface area contributed by atoms with Gasteiger partial charge >= 0.3 is 5.97 Å². The number of ether oxygens (including phenoxy) is 1. The third-order valence-electron chi connectivity index (χ3n) is 1.28. The molecule has 12 heavy (non-hydrogen) atoms. The average molecular weight is 167 g/mol. The minimum Gasteiger partial charge on any atom is -0.463 e. The van der Waals surface area contributed by atoms with Crippen molar-refractivity contribution < 1.29 is 9.53 Å². The number of aromatic nitrogens is 2. The first-order valence-corrected chi connectivity index (χ1v) is 3.37. The first-order chi connectivity index (χ1) is 5.77. The normalized spacial score (nSPS) is 9.17. The van der Waals surface area contributed by atoms with E-state index in [-0.39, 0.29) is 5.82 Å². The second-order valence-electron chi connectivity index (χ2n) is 2.01. The van der Waals surface area contributed by atoms with Gasteiger partial charge < -0.3 is 10.1 Å². The quantitative estimate of drug-likeness (QED) is 0.642. The zero-order chi connectivity index (χ0) is 8.97. The maximum Gasteiger partial charge on any atom is 0.376 e. The van der Waals surface area contributed by atoms with Gasteiger partial charge in [0.2, 0.25) is 5.82 Å². The molecule has 0 saturated carbocycles. The lowest BCUT2D eigenvalue weighted by atomic mass is 10.5. The molecule has 5 heteroatoms. The van der Waals surface area contributed by atoms with Gasteiger partial charge in [0.1, 0.15) is 5.82 Å². The van der Waals surface area contributed by atoms with Crippen molar-refractivity contribution in [1.29, 1.82) is 0 Å². The van der Waals surface area contributed by atoms with Crippen LogP contribution < -0.4 is 5.32 Å². The molecule has 0 fully saturated rings. The van der Waals surface area contributed by atoms with E-state index >= 15 is 0 Å². The van der Waals surface area contributed by atoms with Crippen molar-refractivity contribution in [3.8, 4) is 0 Å². The number of carbonyl (C=O) groups is 1. The summed E-state index contributed by atoms with van der Waals surface area (Å²) < 4.78 is 4.44. The molecule has 1 aromatic rings. The molecule has 1 aromatic heterocycles. The average Bonchev–Trinajstić information content (AvgIpc) is 2.17. The fourth-order valence-electron chi connectivity index (χ4n) is 0.688. The van der Waals surface area contributed by atoms with Gasteiger partial charge in [-0.25, -0.2) is 14.8 Å². The van der Waals surface area contributed by atoms with Gasteiger partial charge in [0.05, 0.1) is 7.11 Å². The van der Waals surface area contributed by atoms with E-state index in [1.54, 1.807) is 13.1 Å². The highest BCUT2D eigenvalue weighted by Crippen LogP contribution is 2.00.